The van der Waals surface area contributed by atoms with E-state index in [-0.39, 0.29) is 38.9 Å². The van der Waals surface area contributed by atoms with E-state index in [9.17, 15) is 27.2 Å². The maximum absolute atomic E-state index is 13.5. The van der Waals surface area contributed by atoms with E-state index in [1.165, 1.54) is 0 Å². The van der Waals surface area contributed by atoms with Gasteiger partial charge in [0.05, 0.1) is 145 Å². The second-order valence-electron chi connectivity index (χ2n) is 9.29. The highest BCUT2D eigenvalue weighted by Gasteiger charge is 2.22. The van der Waals surface area contributed by atoms with E-state index in [4.69, 9.17) is 52.5 Å². The first-order chi connectivity index (χ1) is 23.3. The highest BCUT2D eigenvalue weighted by molar-refractivity contribution is 5.72. The van der Waals surface area contributed by atoms with Gasteiger partial charge in [-0.3, -0.25) is 9.59 Å². The van der Waals surface area contributed by atoms with Crippen LogP contribution in [0.25, 0.3) is 0 Å². The second kappa shape index (κ2) is 30.5. The predicted molar refractivity (Wildman–Crippen MR) is 157 cm³/mol. The molecular weight excluding hydrogens is 660 g/mol. The highest BCUT2D eigenvalue weighted by Crippen LogP contribution is 2.26. The van der Waals surface area contributed by atoms with Crippen LogP contribution in [0.3, 0.4) is 0 Å². The topological polar surface area (TPSA) is 156 Å². The van der Waals surface area contributed by atoms with Gasteiger partial charge in [0.25, 0.3) is 0 Å². The summed E-state index contributed by atoms with van der Waals surface area (Å²) in [6.07, 6.45) is -0.421. The van der Waals surface area contributed by atoms with Crippen LogP contribution in [0.5, 0.6) is 5.75 Å². The lowest BCUT2D eigenvalue weighted by atomic mass is 10.3. The fourth-order valence-electron chi connectivity index (χ4n) is 3.20. The number of carbonyl (C=O) groups excluding carboxylic acids is 1. The van der Waals surface area contributed by atoms with Gasteiger partial charge in [0, 0.05) is 6.07 Å². The van der Waals surface area contributed by atoms with Crippen LogP contribution in [0.2, 0.25) is 0 Å². The molecule has 0 atom stereocenters. The van der Waals surface area contributed by atoms with E-state index in [1.54, 1.807) is 0 Å². The number of carboxylic acid groups (broad SMARTS) is 1. The number of halogens is 4. The third-order valence-corrected chi connectivity index (χ3v) is 5.55. The molecule has 0 bridgehead atoms. The molecule has 14 nitrogen and oxygen atoms in total. The maximum atomic E-state index is 13.5. The number of hydrogen-bond donors (Lipinski definition) is 1. The standard InChI is InChI=1S/C30H46F4O14/c31-24-23-25(32)29(34)30(28(24)33)48-27(37)2-4-39-6-8-41-10-12-43-14-16-45-18-20-47-22-21-46-19-17-44-15-13-42-11-9-40-7-5-38-3-1-26(35)36/h23H,1-22H2,(H,35,36). The third kappa shape index (κ3) is 24.6. The monoisotopic (exact) mass is 706 g/mol. The van der Waals surface area contributed by atoms with Crippen LogP contribution in [0.1, 0.15) is 12.8 Å². The smallest absolute Gasteiger partial charge is 0.313 e. The number of carbonyl (C=O) groups is 2. The quantitative estimate of drug-likeness (QED) is 0.0366. The molecule has 0 unspecified atom stereocenters. The largest absolute Gasteiger partial charge is 0.481 e. The summed E-state index contributed by atoms with van der Waals surface area (Å²) < 4.78 is 111. The van der Waals surface area contributed by atoms with Crippen molar-refractivity contribution >= 4 is 11.9 Å². The van der Waals surface area contributed by atoms with Crippen LogP contribution >= 0.6 is 0 Å². The van der Waals surface area contributed by atoms with Crippen molar-refractivity contribution in [1.29, 1.82) is 0 Å². The van der Waals surface area contributed by atoms with E-state index in [0.29, 0.717) is 106 Å². The Morgan fingerprint density at radius 3 is 0.958 bits per heavy atom. The molecule has 0 aromatic heterocycles. The van der Waals surface area contributed by atoms with Gasteiger partial charge in [-0.2, -0.15) is 8.78 Å². The molecule has 0 aliphatic heterocycles. The Labute approximate surface area is 276 Å². The van der Waals surface area contributed by atoms with E-state index in [1.807, 2.05) is 0 Å². The van der Waals surface area contributed by atoms with Crippen LogP contribution in [-0.2, 0) is 57.0 Å². The number of esters is 1. The van der Waals surface area contributed by atoms with Crippen LogP contribution in [0, 0.1) is 23.3 Å². The van der Waals surface area contributed by atoms with Gasteiger partial charge in [-0.25, -0.2) is 8.78 Å². The summed E-state index contributed by atoms with van der Waals surface area (Å²) >= 11 is 0. The number of carboxylic acids is 1. The van der Waals surface area contributed by atoms with Crippen LogP contribution in [0.4, 0.5) is 17.6 Å². The highest BCUT2D eigenvalue weighted by atomic mass is 19.2. The molecule has 0 aliphatic carbocycles. The lowest BCUT2D eigenvalue weighted by Gasteiger charge is -2.09. The maximum Gasteiger partial charge on any atom is 0.313 e. The lowest BCUT2D eigenvalue weighted by Crippen LogP contribution is -2.16. The summed E-state index contributed by atoms with van der Waals surface area (Å²) in [7, 11) is 0. The molecule has 0 amide bonds. The molecule has 0 fully saturated rings. The lowest BCUT2D eigenvalue weighted by molar-refractivity contribution is -0.138. The molecular formula is C30H46F4O14. The Bertz CT molecular complexity index is 950. The van der Waals surface area contributed by atoms with Crippen LogP contribution < -0.4 is 4.74 Å². The van der Waals surface area contributed by atoms with Gasteiger partial charge in [0.2, 0.25) is 17.4 Å². The zero-order valence-electron chi connectivity index (χ0n) is 26.9. The zero-order chi connectivity index (χ0) is 35.1. The first-order valence-corrected chi connectivity index (χ1v) is 15.4. The van der Waals surface area contributed by atoms with Crippen molar-refractivity contribution in [3.63, 3.8) is 0 Å². The molecule has 278 valence electrons. The Morgan fingerprint density at radius 1 is 0.438 bits per heavy atom. The minimum atomic E-state index is -1.80. The third-order valence-electron chi connectivity index (χ3n) is 5.55. The van der Waals surface area contributed by atoms with Crippen molar-refractivity contribution < 1.29 is 84.4 Å². The summed E-state index contributed by atoms with van der Waals surface area (Å²) in [5.41, 5.74) is 0. The molecule has 48 heavy (non-hydrogen) atoms. The number of hydrogen-bond acceptors (Lipinski definition) is 13. The first-order valence-electron chi connectivity index (χ1n) is 15.4. The van der Waals surface area contributed by atoms with E-state index < -0.39 is 47.4 Å². The van der Waals surface area contributed by atoms with Crippen molar-refractivity contribution in [3.05, 3.63) is 29.3 Å². The molecule has 1 aromatic rings. The fourth-order valence-corrected chi connectivity index (χ4v) is 3.20. The summed E-state index contributed by atoms with van der Waals surface area (Å²) in [6.45, 7) is 6.70. The summed E-state index contributed by atoms with van der Waals surface area (Å²) in [5.74, 6) is -10.4. The van der Waals surface area contributed by atoms with Crippen molar-refractivity contribution in [1.82, 2.24) is 0 Å². The molecule has 1 aromatic carbocycles. The molecule has 0 spiro atoms. The van der Waals surface area contributed by atoms with Crippen LogP contribution in [-0.4, -0.2) is 149 Å². The van der Waals surface area contributed by atoms with Crippen molar-refractivity contribution in [2.45, 2.75) is 12.8 Å². The van der Waals surface area contributed by atoms with Gasteiger partial charge in [-0.1, -0.05) is 0 Å². The van der Waals surface area contributed by atoms with Gasteiger partial charge < -0.3 is 57.2 Å². The van der Waals surface area contributed by atoms with E-state index >= 15 is 0 Å². The number of rotatable bonds is 34. The molecule has 0 heterocycles. The summed E-state index contributed by atoms with van der Waals surface area (Å²) in [5, 5.41) is 8.47. The van der Waals surface area contributed by atoms with Gasteiger partial charge >= 0.3 is 11.9 Å². The Balaban J connectivity index is 1.73. The summed E-state index contributed by atoms with van der Waals surface area (Å²) in [4.78, 5) is 22.0. The average molecular weight is 707 g/mol. The minimum absolute atomic E-state index is 0.0138. The van der Waals surface area contributed by atoms with Gasteiger partial charge in [0.1, 0.15) is 0 Å². The van der Waals surface area contributed by atoms with Gasteiger partial charge in [0.15, 0.2) is 11.6 Å². The van der Waals surface area contributed by atoms with Gasteiger partial charge in [-0.15, -0.1) is 0 Å². The molecule has 0 saturated carbocycles. The van der Waals surface area contributed by atoms with Crippen molar-refractivity contribution in [2.24, 2.45) is 0 Å². The molecule has 0 aliphatic rings. The normalized spacial score (nSPS) is 11.3. The fraction of sp³-hybridized carbons (Fsp3) is 0.733. The van der Waals surface area contributed by atoms with Gasteiger partial charge in [-0.05, 0) is 0 Å². The van der Waals surface area contributed by atoms with Crippen molar-refractivity contribution in [3.8, 4) is 5.75 Å². The van der Waals surface area contributed by atoms with E-state index in [2.05, 4.69) is 4.74 Å². The SMILES string of the molecule is O=C(O)CCOCCOCCOCCOCCOCCOCCOCCOCCOCCOCCC(=O)Oc1c(F)c(F)cc(F)c1F. The Morgan fingerprint density at radius 2 is 0.688 bits per heavy atom. The van der Waals surface area contributed by atoms with Crippen molar-refractivity contribution in [2.75, 3.05) is 132 Å². The molecule has 0 radical (unpaired) electrons. The predicted octanol–water partition coefficient (Wildman–Crippen LogP) is 2.18. The first kappa shape index (κ1) is 43.5. The second-order valence-corrected chi connectivity index (χ2v) is 9.29. The van der Waals surface area contributed by atoms with E-state index in [0.717, 1.165) is 0 Å². The summed E-state index contributed by atoms with van der Waals surface area (Å²) in [6, 6.07) is 0.0138. The average Bonchev–Trinajstić information content (AvgIpc) is 3.06. The zero-order valence-corrected chi connectivity index (χ0v) is 26.9. The number of benzene rings is 1. The molecule has 0 saturated heterocycles. The Kier molecular flexibility index (Phi) is 27.7. The molecule has 18 heteroatoms. The molecule has 1 N–H and O–H groups in total. The van der Waals surface area contributed by atoms with Crippen LogP contribution in [0.15, 0.2) is 6.07 Å². The number of ether oxygens (including phenoxy) is 11. The minimum Gasteiger partial charge on any atom is -0.481 e. The number of aliphatic carboxylic acids is 1. The Hall–Kier alpha value is -2.52. The molecule has 1 rings (SSSR count).